The predicted octanol–water partition coefficient (Wildman–Crippen LogP) is 5.49. The summed E-state index contributed by atoms with van der Waals surface area (Å²) >= 11 is 0. The molecule has 0 fully saturated rings. The molecule has 4 N–H and O–H groups in total. The third-order valence-corrected chi connectivity index (χ3v) is 6.95. The Balaban J connectivity index is 0. The summed E-state index contributed by atoms with van der Waals surface area (Å²) in [5, 5.41) is 13.7. The lowest BCUT2D eigenvalue weighted by molar-refractivity contribution is -0.120. The van der Waals surface area contributed by atoms with Crippen molar-refractivity contribution in [1.29, 1.82) is 0 Å². The molecule has 2 rings (SSSR count). The summed E-state index contributed by atoms with van der Waals surface area (Å²) in [5.74, 6) is -2.39. The number of aliphatic hydroxyl groups is 1. The molecule has 0 aromatic heterocycles. The summed E-state index contributed by atoms with van der Waals surface area (Å²) in [6.07, 6.45) is 3.61. The van der Waals surface area contributed by atoms with Gasteiger partial charge in [-0.15, -0.1) is 0 Å². The summed E-state index contributed by atoms with van der Waals surface area (Å²) < 4.78 is 21.7. The minimum absolute atomic E-state index is 0.0801. The molecule has 2 bridgehead atoms. The van der Waals surface area contributed by atoms with Crippen molar-refractivity contribution < 1.29 is 43.2 Å². The van der Waals surface area contributed by atoms with Crippen molar-refractivity contribution in [2.75, 3.05) is 21.3 Å². The van der Waals surface area contributed by atoms with Crippen LogP contribution in [0.3, 0.4) is 0 Å². The number of amides is 2. The van der Waals surface area contributed by atoms with E-state index in [1.165, 1.54) is 34.3 Å². The van der Waals surface area contributed by atoms with Crippen LogP contribution < -0.4 is 11.1 Å². The molecule has 0 saturated heterocycles. The standard InChI is InChI=1S/C29H40N2O9.3C2H6/c1-15-11-19-25(34)20(14-21(32)27(19)39-7)31-28(35)16(2)9-8-10-22(37-5)26(40-29(30)36)18(4)13-17(3)24(33)23(12-15)38-6;3*1-2/h8-10,13-15,17,22-24,26,33H,11-12H2,1-7H3,(H2,30,36)(H,31,35);3*1-2H3/b10-8-,16-9+,18-13+;;;. The van der Waals surface area contributed by atoms with Gasteiger partial charge in [0.25, 0.3) is 5.91 Å². The van der Waals surface area contributed by atoms with Gasteiger partial charge in [0.15, 0.2) is 11.9 Å². The highest BCUT2D eigenvalue weighted by Crippen LogP contribution is 2.29. The fourth-order valence-electron chi connectivity index (χ4n) is 4.78. The zero-order valence-corrected chi connectivity index (χ0v) is 30.1. The number of methoxy groups -OCH3 is 3. The number of primary amides is 1. The van der Waals surface area contributed by atoms with Gasteiger partial charge in [-0.3, -0.25) is 14.4 Å². The molecular formula is C35H58N2O9. The number of carbonyl (C=O) groups is 4. The summed E-state index contributed by atoms with van der Waals surface area (Å²) in [7, 11) is 4.21. The van der Waals surface area contributed by atoms with Crippen LogP contribution in [-0.2, 0) is 33.3 Å². The van der Waals surface area contributed by atoms with Crippen LogP contribution in [0.4, 0.5) is 4.79 Å². The van der Waals surface area contributed by atoms with Gasteiger partial charge >= 0.3 is 6.09 Å². The van der Waals surface area contributed by atoms with Crippen molar-refractivity contribution in [3.63, 3.8) is 0 Å². The summed E-state index contributed by atoms with van der Waals surface area (Å²) in [5.41, 5.74) is 6.12. The van der Waals surface area contributed by atoms with Gasteiger partial charge in [-0.25, -0.2) is 4.79 Å². The number of hydrogen-bond acceptors (Lipinski definition) is 9. The minimum atomic E-state index is -1.00. The first-order chi connectivity index (χ1) is 21.8. The smallest absolute Gasteiger partial charge is 0.405 e. The average molecular weight is 651 g/mol. The molecule has 6 unspecified atom stereocenters. The first kappa shape index (κ1) is 44.6. The minimum Gasteiger partial charge on any atom is -0.492 e. The highest BCUT2D eigenvalue weighted by Gasteiger charge is 2.34. The zero-order valence-electron chi connectivity index (χ0n) is 30.1. The number of nitrogens with one attached hydrogen (secondary N) is 1. The van der Waals surface area contributed by atoms with E-state index in [2.05, 4.69) is 5.32 Å². The van der Waals surface area contributed by atoms with Gasteiger partial charge in [-0.05, 0) is 38.2 Å². The normalized spacial score (nSPS) is 28.8. The second-order valence-corrected chi connectivity index (χ2v) is 10.1. The molecule has 46 heavy (non-hydrogen) atoms. The Kier molecular flexibility index (Phi) is 23.0. The van der Waals surface area contributed by atoms with Crippen LogP contribution in [0.15, 0.2) is 58.6 Å². The average Bonchev–Trinajstić information content (AvgIpc) is 3.05. The predicted molar refractivity (Wildman–Crippen MR) is 181 cm³/mol. The summed E-state index contributed by atoms with van der Waals surface area (Å²) in [6, 6.07) is 0. The van der Waals surface area contributed by atoms with Crippen LogP contribution in [-0.4, -0.2) is 74.4 Å². The Morgan fingerprint density at radius 1 is 0.978 bits per heavy atom. The van der Waals surface area contributed by atoms with Crippen molar-refractivity contribution in [3.8, 4) is 0 Å². The van der Waals surface area contributed by atoms with Gasteiger partial charge in [0.2, 0.25) is 11.6 Å². The van der Waals surface area contributed by atoms with Crippen LogP contribution in [0, 0.1) is 11.8 Å². The lowest BCUT2D eigenvalue weighted by Gasteiger charge is -2.29. The molecule has 1 heterocycles. The fraction of sp³-hybridized carbons (Fsp3) is 0.600. The van der Waals surface area contributed by atoms with Crippen molar-refractivity contribution in [1.82, 2.24) is 5.32 Å². The largest absolute Gasteiger partial charge is 0.492 e. The quantitative estimate of drug-likeness (QED) is 0.264. The topological polar surface area (TPSA) is 163 Å². The number of Topliss-reactive ketones (excluding diaryl/α,β-unsaturated/α-hetero) is 1. The molecule has 11 heteroatoms. The molecule has 2 aliphatic rings. The van der Waals surface area contributed by atoms with E-state index in [0.29, 0.717) is 12.0 Å². The van der Waals surface area contributed by atoms with Gasteiger partial charge in [0.05, 0.1) is 25.0 Å². The first-order valence-electron chi connectivity index (χ1n) is 16.0. The van der Waals surface area contributed by atoms with Crippen LogP contribution in [0.5, 0.6) is 0 Å². The molecule has 262 valence electrons. The van der Waals surface area contributed by atoms with Gasteiger partial charge in [0, 0.05) is 37.4 Å². The van der Waals surface area contributed by atoms with Crippen molar-refractivity contribution >= 4 is 23.6 Å². The zero-order chi connectivity index (χ0) is 36.1. The molecule has 0 aromatic carbocycles. The third-order valence-electron chi connectivity index (χ3n) is 6.95. The number of allylic oxidation sites excluding steroid dienone is 4. The first-order valence-corrected chi connectivity index (χ1v) is 16.0. The monoisotopic (exact) mass is 650 g/mol. The fourth-order valence-corrected chi connectivity index (χ4v) is 4.78. The maximum absolute atomic E-state index is 13.3. The Labute approximate surface area is 275 Å². The van der Waals surface area contributed by atoms with E-state index in [0.717, 1.165) is 6.08 Å². The molecule has 0 saturated carbocycles. The maximum atomic E-state index is 13.3. The van der Waals surface area contributed by atoms with E-state index in [9.17, 15) is 24.3 Å². The summed E-state index contributed by atoms with van der Waals surface area (Å²) in [4.78, 5) is 50.6. The van der Waals surface area contributed by atoms with Gasteiger partial charge in [0.1, 0.15) is 6.10 Å². The van der Waals surface area contributed by atoms with Crippen LogP contribution in [0.1, 0.15) is 82.1 Å². The van der Waals surface area contributed by atoms with E-state index >= 15 is 0 Å². The maximum Gasteiger partial charge on any atom is 0.405 e. The number of fused-ring (bicyclic) bond motifs is 2. The molecule has 0 radical (unpaired) electrons. The van der Waals surface area contributed by atoms with Gasteiger partial charge < -0.3 is 35.1 Å². The molecule has 6 atom stereocenters. The molecular weight excluding hydrogens is 592 g/mol. The van der Waals surface area contributed by atoms with E-state index in [1.807, 2.05) is 48.5 Å². The number of carbonyl (C=O) groups excluding carboxylic acids is 4. The van der Waals surface area contributed by atoms with Crippen molar-refractivity contribution in [2.24, 2.45) is 17.6 Å². The number of ketones is 2. The number of aliphatic hydroxyl groups excluding tert-OH is 1. The molecule has 11 nitrogen and oxygen atoms in total. The SMILES string of the molecule is CC.CC.CC.COC1=C2CC(C)CC(OC)C(O)C(C)/C=C(\C)C(OC(N)=O)C(OC)/C=C\C=C(/C)C(=O)NC(=CC1=O)C2=O. The van der Waals surface area contributed by atoms with E-state index in [-0.39, 0.29) is 34.9 Å². The second-order valence-electron chi connectivity index (χ2n) is 10.1. The third kappa shape index (κ3) is 13.4. The lowest BCUT2D eigenvalue weighted by Crippen LogP contribution is -2.37. The van der Waals surface area contributed by atoms with Crippen molar-refractivity contribution in [3.05, 3.63) is 58.6 Å². The molecule has 1 aliphatic heterocycles. The Bertz CT molecular complexity index is 1150. The molecule has 1 aliphatic carbocycles. The number of hydrogen-bond donors (Lipinski definition) is 3. The Hall–Kier alpha value is -3.54. The summed E-state index contributed by atoms with van der Waals surface area (Å²) in [6.45, 7) is 18.9. The number of nitrogens with two attached hydrogens (primary N) is 1. The Morgan fingerprint density at radius 3 is 2.07 bits per heavy atom. The van der Waals surface area contributed by atoms with E-state index < -0.39 is 53.9 Å². The highest BCUT2D eigenvalue weighted by atomic mass is 16.6. The number of rotatable bonds is 4. The second kappa shape index (κ2) is 23.7. The highest BCUT2D eigenvalue weighted by molar-refractivity contribution is 6.23. The molecule has 0 spiro atoms. The van der Waals surface area contributed by atoms with E-state index in [1.54, 1.807) is 32.1 Å². The van der Waals surface area contributed by atoms with Crippen molar-refractivity contribution in [2.45, 2.75) is 106 Å². The number of ether oxygens (including phenoxy) is 4. The lowest BCUT2D eigenvalue weighted by atomic mass is 9.85. The Morgan fingerprint density at radius 2 is 1.57 bits per heavy atom. The van der Waals surface area contributed by atoms with Crippen LogP contribution in [0.2, 0.25) is 0 Å². The molecule has 2 amide bonds. The van der Waals surface area contributed by atoms with Crippen LogP contribution >= 0.6 is 0 Å². The van der Waals surface area contributed by atoms with Crippen LogP contribution in [0.25, 0.3) is 0 Å². The van der Waals surface area contributed by atoms with E-state index in [4.69, 9.17) is 24.7 Å². The van der Waals surface area contributed by atoms with Gasteiger partial charge in [-0.1, -0.05) is 79.7 Å². The van der Waals surface area contributed by atoms with Gasteiger partial charge in [-0.2, -0.15) is 0 Å². The molecule has 0 aromatic rings.